The standard InChI is InChI=1S/C27H28N2O6S.C23H26N2O3S.C22H24N2O3S/c1-18-23(11-12-26(28-18)33-14-13-27(2,3)31)35-22-6-4-5-19(15-22)17-34-21-9-7-20(8-10-21)24-16-25(30)29-36(24)32;1-17-9-11-25(12-10-17)15-18-3-2-4-19(13-18)16-28-21-7-5-20(6-8-21)22-14-23(26)24-29(22)27;25-22-14-21(28(26)23-22)19-7-9-20(10-8-19)27-16-18-6-4-5-17(13-18)15-24-11-2-1-3-12-24/h4-12,15-16,31H,13-14,17H2,1-3H3,(H,29,30);2-8,13-14,17H,9-12,15-16H2,1H3,(H,24,26);4-10,13-14H,1-3,11-12,15-16H2,(H,23,25). The molecule has 0 radical (unpaired) electrons. The molecule has 3 amide bonds. The van der Waals surface area contributed by atoms with Gasteiger partial charge >= 0.3 is 0 Å². The number of ether oxygens (including phenoxy) is 5. The number of aryl methyl sites for hydroxylation is 1. The maximum atomic E-state index is 11.9. The van der Waals surface area contributed by atoms with Gasteiger partial charge in [-0.25, -0.2) is 17.6 Å². The van der Waals surface area contributed by atoms with Gasteiger partial charge < -0.3 is 28.8 Å². The number of aromatic nitrogens is 1. The molecule has 6 heterocycles. The summed E-state index contributed by atoms with van der Waals surface area (Å²) in [5.41, 5.74) is 7.97. The molecule has 5 aliphatic heterocycles. The predicted molar refractivity (Wildman–Crippen MR) is 363 cm³/mol. The first-order chi connectivity index (χ1) is 44.9. The number of nitrogens with one attached hydrogen (secondary N) is 3. The van der Waals surface area contributed by atoms with E-state index in [2.05, 4.69) is 84.4 Å². The van der Waals surface area contributed by atoms with Gasteiger partial charge in [0.05, 0.1) is 32.6 Å². The van der Waals surface area contributed by atoms with Gasteiger partial charge in [-0.15, -0.1) is 0 Å². The van der Waals surface area contributed by atoms with Crippen molar-refractivity contribution in [1.82, 2.24) is 29.0 Å². The van der Waals surface area contributed by atoms with Gasteiger partial charge in [-0.05, 0) is 178 Å². The van der Waals surface area contributed by atoms with Crippen LogP contribution in [0.25, 0.3) is 14.7 Å². The largest absolute Gasteiger partial charge is 0.489 e. The summed E-state index contributed by atoms with van der Waals surface area (Å²) in [5, 5.41) is 9.80. The van der Waals surface area contributed by atoms with Crippen LogP contribution >= 0.6 is 0 Å². The first kappa shape index (κ1) is 67.3. The van der Waals surface area contributed by atoms with Gasteiger partial charge in [-0.2, -0.15) is 0 Å². The van der Waals surface area contributed by atoms with E-state index in [4.69, 9.17) is 23.7 Å². The Balaban J connectivity index is 0.000000154. The SMILES string of the molecule is CC1CCN(Cc2cccc(COc3ccc(C4=CC(=O)NS4=O)cc3)c2)CC1.Cc1nc(OCCC(C)(C)O)ccc1Oc1cccc(COc2ccc(C3=CC(=O)NS3=O)cc2)c1.O=C1C=C(c2ccc(OCc3cccc(CN4CCCCC4)c3)cc2)S(=O)N1. The average molecular weight is 1320 g/mol. The quantitative estimate of drug-likeness (QED) is 0.0495. The van der Waals surface area contributed by atoms with Crippen molar-refractivity contribution in [3.05, 3.63) is 226 Å². The zero-order chi connectivity index (χ0) is 65.3. The average Bonchev–Trinajstić information content (AvgIpc) is 1.91. The van der Waals surface area contributed by atoms with Crippen LogP contribution in [0.3, 0.4) is 0 Å². The third-order valence-electron chi connectivity index (χ3n) is 15.8. The number of likely N-dealkylation sites (tertiary alicyclic amines) is 2. The Kier molecular flexibility index (Phi) is 23.4. The maximum absolute atomic E-state index is 11.9. The third-order valence-corrected chi connectivity index (χ3v) is 19.2. The van der Waals surface area contributed by atoms with E-state index in [-0.39, 0.29) is 17.7 Å². The van der Waals surface area contributed by atoms with Crippen LogP contribution in [0.4, 0.5) is 0 Å². The number of carbonyl (C=O) groups is 3. The van der Waals surface area contributed by atoms with Crippen LogP contribution in [0.5, 0.6) is 34.6 Å². The number of benzene rings is 6. The molecule has 93 heavy (non-hydrogen) atoms. The highest BCUT2D eigenvalue weighted by atomic mass is 32.2. The van der Waals surface area contributed by atoms with E-state index in [1.54, 1.807) is 44.2 Å². The minimum Gasteiger partial charge on any atom is -0.489 e. The molecule has 21 heteroatoms. The minimum atomic E-state index is -1.52. The molecule has 6 aromatic carbocycles. The second-order valence-electron chi connectivity index (χ2n) is 24.0. The lowest BCUT2D eigenvalue weighted by molar-refractivity contribution is -0.115. The van der Waals surface area contributed by atoms with Crippen LogP contribution in [-0.2, 0) is 80.3 Å². The Morgan fingerprint density at radius 1 is 0.505 bits per heavy atom. The van der Waals surface area contributed by atoms with Crippen LogP contribution in [0.2, 0.25) is 0 Å². The van der Waals surface area contributed by atoms with Crippen molar-refractivity contribution >= 4 is 65.4 Å². The van der Waals surface area contributed by atoms with Crippen LogP contribution in [0, 0.1) is 12.8 Å². The Morgan fingerprint density at radius 3 is 1.32 bits per heavy atom. The topological polar surface area (TPSA) is 224 Å². The Bertz CT molecular complexity index is 3930. The van der Waals surface area contributed by atoms with E-state index in [1.807, 2.05) is 85.8 Å². The van der Waals surface area contributed by atoms with Crippen LogP contribution < -0.4 is 37.9 Å². The fourth-order valence-electron chi connectivity index (χ4n) is 10.7. The first-order valence-corrected chi connectivity index (χ1v) is 34.6. The molecule has 0 saturated carbocycles. The highest BCUT2D eigenvalue weighted by Gasteiger charge is 2.24. The number of nitrogens with zero attached hydrogens (tertiary/aromatic N) is 3. The number of aliphatic hydroxyl groups is 1. The Morgan fingerprint density at radius 2 is 0.914 bits per heavy atom. The van der Waals surface area contributed by atoms with Gasteiger partial charge in [0.1, 0.15) is 48.6 Å². The molecule has 3 atom stereocenters. The van der Waals surface area contributed by atoms with Crippen molar-refractivity contribution in [3.63, 3.8) is 0 Å². The lowest BCUT2D eigenvalue weighted by Gasteiger charge is -2.30. The summed E-state index contributed by atoms with van der Waals surface area (Å²) in [5.74, 6) is 3.73. The van der Waals surface area contributed by atoms with Gasteiger partial charge in [-0.1, -0.05) is 110 Å². The number of hydrogen-bond acceptors (Lipinski definition) is 15. The molecule has 2 saturated heterocycles. The van der Waals surface area contributed by atoms with Crippen molar-refractivity contribution in [2.75, 3.05) is 32.8 Å². The van der Waals surface area contributed by atoms with Crippen molar-refractivity contribution in [2.24, 2.45) is 5.92 Å². The summed E-state index contributed by atoms with van der Waals surface area (Å²) in [6, 6.07) is 50.0. The molecule has 12 rings (SSSR count). The third kappa shape index (κ3) is 20.5. The molecule has 0 spiro atoms. The Hall–Kier alpha value is -8.57. The summed E-state index contributed by atoms with van der Waals surface area (Å²) in [7, 11) is -4.47. The van der Waals surface area contributed by atoms with Crippen molar-refractivity contribution in [1.29, 1.82) is 0 Å². The lowest BCUT2D eigenvalue weighted by atomic mass is 9.99. The van der Waals surface area contributed by atoms with Crippen LogP contribution in [0.15, 0.2) is 176 Å². The van der Waals surface area contributed by atoms with Crippen molar-refractivity contribution in [3.8, 4) is 34.6 Å². The highest BCUT2D eigenvalue weighted by Crippen LogP contribution is 2.31. The summed E-state index contributed by atoms with van der Waals surface area (Å²) in [4.78, 5) is 44.9. The van der Waals surface area contributed by atoms with E-state index in [9.17, 15) is 32.1 Å². The lowest BCUT2D eigenvalue weighted by Crippen LogP contribution is -2.32. The molecule has 18 nitrogen and oxygen atoms in total. The molecular formula is C72H78N6O12S3. The van der Waals surface area contributed by atoms with Gasteiger partial charge in [0.25, 0.3) is 17.7 Å². The first-order valence-electron chi connectivity index (χ1n) is 31.1. The molecule has 4 N–H and O–H groups in total. The normalized spacial score (nSPS) is 18.3. The fraction of sp³-hybridized carbons (Fsp3) is 0.306. The molecule has 1 aromatic heterocycles. The monoisotopic (exact) mass is 1310 g/mol. The molecule has 3 unspecified atom stereocenters. The van der Waals surface area contributed by atoms with Crippen molar-refractivity contribution < 1.29 is 55.8 Å². The van der Waals surface area contributed by atoms with E-state index >= 15 is 0 Å². The van der Waals surface area contributed by atoms with Crippen molar-refractivity contribution in [2.45, 2.75) is 105 Å². The molecule has 0 aliphatic carbocycles. The number of rotatable bonds is 22. The number of carbonyl (C=O) groups excluding carboxylic acids is 3. The molecule has 7 aromatic rings. The summed E-state index contributed by atoms with van der Waals surface area (Å²) >= 11 is 0. The van der Waals surface area contributed by atoms with E-state index in [0.717, 1.165) is 58.3 Å². The Labute approximate surface area is 551 Å². The van der Waals surface area contributed by atoms with Gasteiger partial charge in [0.2, 0.25) is 5.88 Å². The molecule has 486 valence electrons. The van der Waals surface area contributed by atoms with E-state index in [0.29, 0.717) is 81.9 Å². The maximum Gasteiger partial charge on any atom is 0.257 e. The molecule has 2 fully saturated rings. The number of piperidine rings is 2. The second-order valence-corrected chi connectivity index (χ2v) is 27.5. The summed E-state index contributed by atoms with van der Waals surface area (Å²) in [6.07, 6.45) is 11.1. The molecule has 0 bridgehead atoms. The predicted octanol–water partition coefficient (Wildman–Crippen LogP) is 11.5. The number of pyridine rings is 1. The minimum absolute atomic E-state index is 0.321. The van der Waals surface area contributed by atoms with E-state index < -0.39 is 38.6 Å². The fourth-order valence-corrected chi connectivity index (χ4v) is 13.4. The number of amides is 3. The highest BCUT2D eigenvalue weighted by molar-refractivity contribution is 7.94. The van der Waals surface area contributed by atoms with Gasteiger partial charge in [0.15, 0.2) is 33.0 Å². The van der Waals surface area contributed by atoms with Crippen LogP contribution in [-0.4, -0.2) is 88.6 Å². The number of hydrogen-bond donors (Lipinski definition) is 4. The van der Waals surface area contributed by atoms with Crippen LogP contribution in [0.1, 0.15) is 109 Å². The van der Waals surface area contributed by atoms with Gasteiger partial charge in [0, 0.05) is 43.8 Å². The zero-order valence-electron chi connectivity index (χ0n) is 52.6. The van der Waals surface area contributed by atoms with E-state index in [1.165, 1.54) is 87.6 Å². The van der Waals surface area contributed by atoms with Gasteiger partial charge in [-0.3, -0.25) is 38.3 Å². The molecule has 5 aliphatic rings. The summed E-state index contributed by atoms with van der Waals surface area (Å²) in [6.45, 7) is 16.1. The zero-order valence-corrected chi connectivity index (χ0v) is 55.1. The smallest absolute Gasteiger partial charge is 0.257 e. The molecular weight excluding hydrogens is 1240 g/mol. The summed E-state index contributed by atoms with van der Waals surface area (Å²) < 4.78 is 72.0. The second kappa shape index (κ2) is 32.3.